The fourth-order valence-electron chi connectivity index (χ4n) is 4.68. The maximum absolute atomic E-state index is 13.3. The van der Waals surface area contributed by atoms with Crippen LogP contribution < -0.4 is 4.74 Å². The number of nitrogens with zero attached hydrogens (tertiary/aromatic N) is 3. The van der Waals surface area contributed by atoms with E-state index in [-0.39, 0.29) is 17.7 Å². The van der Waals surface area contributed by atoms with Crippen molar-refractivity contribution in [1.29, 1.82) is 0 Å². The number of hydrogen-bond acceptors (Lipinski definition) is 5. The normalized spacial score (nSPS) is 17.8. The number of ether oxygens (including phenoxy) is 1. The lowest BCUT2D eigenvalue weighted by Crippen LogP contribution is -2.44. The van der Waals surface area contributed by atoms with E-state index in [9.17, 15) is 9.59 Å². The number of carbonyl (C=O) groups excluding carboxylic acids is 2. The van der Waals surface area contributed by atoms with Crippen LogP contribution in [-0.2, 0) is 11.4 Å². The summed E-state index contributed by atoms with van der Waals surface area (Å²) in [6, 6.07) is 7.34. The summed E-state index contributed by atoms with van der Waals surface area (Å²) >= 11 is 0. The molecule has 4 rings (SSSR count). The topological polar surface area (TPSA) is 75.9 Å². The van der Waals surface area contributed by atoms with Crippen molar-refractivity contribution in [1.82, 2.24) is 15.0 Å². The Bertz CT molecular complexity index is 919. The molecule has 7 heteroatoms. The second-order valence-electron chi connectivity index (χ2n) is 8.89. The fourth-order valence-corrected chi connectivity index (χ4v) is 4.68. The molecule has 0 N–H and O–H groups in total. The van der Waals surface area contributed by atoms with Gasteiger partial charge in [0.05, 0.1) is 16.8 Å². The molecule has 7 nitrogen and oxygen atoms in total. The number of para-hydroxylation sites is 1. The molecule has 172 valence electrons. The van der Waals surface area contributed by atoms with Gasteiger partial charge < -0.3 is 19.1 Å². The van der Waals surface area contributed by atoms with Crippen molar-refractivity contribution in [2.45, 2.75) is 59.0 Å². The molecule has 0 saturated carbocycles. The zero-order valence-electron chi connectivity index (χ0n) is 19.1. The number of aromatic nitrogens is 1. The fraction of sp³-hybridized carbons (Fsp3) is 0.560. The average Bonchev–Trinajstić information content (AvgIpc) is 3.01. The predicted molar refractivity (Wildman–Crippen MR) is 120 cm³/mol. The van der Waals surface area contributed by atoms with Gasteiger partial charge in [0.2, 0.25) is 5.91 Å². The van der Waals surface area contributed by atoms with Gasteiger partial charge in [-0.15, -0.1) is 0 Å². The molecule has 2 aliphatic heterocycles. The molecule has 2 amide bonds. The van der Waals surface area contributed by atoms with E-state index in [0.717, 1.165) is 55.8 Å². The van der Waals surface area contributed by atoms with Crippen LogP contribution in [0.1, 0.15) is 65.9 Å². The van der Waals surface area contributed by atoms with E-state index in [1.54, 1.807) is 6.07 Å². The van der Waals surface area contributed by atoms with Crippen LogP contribution in [0, 0.1) is 19.8 Å². The second-order valence-corrected chi connectivity index (χ2v) is 8.89. The minimum Gasteiger partial charge on any atom is -0.488 e. The first kappa shape index (κ1) is 22.4. The van der Waals surface area contributed by atoms with Gasteiger partial charge in [0.25, 0.3) is 5.91 Å². The Morgan fingerprint density at radius 1 is 1.00 bits per heavy atom. The number of piperidine rings is 1. The molecule has 2 fully saturated rings. The van der Waals surface area contributed by atoms with Crippen molar-refractivity contribution >= 4 is 11.8 Å². The molecule has 1 aromatic heterocycles. The van der Waals surface area contributed by atoms with Crippen molar-refractivity contribution in [3.8, 4) is 5.75 Å². The first-order valence-corrected chi connectivity index (χ1v) is 11.8. The third kappa shape index (κ3) is 4.97. The van der Waals surface area contributed by atoms with Gasteiger partial charge in [-0.25, -0.2) is 0 Å². The van der Waals surface area contributed by atoms with Crippen molar-refractivity contribution in [2.24, 2.45) is 5.92 Å². The van der Waals surface area contributed by atoms with Crippen molar-refractivity contribution in [3.05, 3.63) is 46.8 Å². The van der Waals surface area contributed by atoms with E-state index >= 15 is 0 Å². The number of rotatable bonds is 5. The van der Waals surface area contributed by atoms with Gasteiger partial charge in [-0.1, -0.05) is 30.1 Å². The molecule has 0 spiro atoms. The molecule has 2 saturated heterocycles. The van der Waals surface area contributed by atoms with Gasteiger partial charge in [-0.05, 0) is 51.7 Å². The third-order valence-electron chi connectivity index (χ3n) is 6.72. The van der Waals surface area contributed by atoms with Crippen LogP contribution in [0.5, 0.6) is 5.75 Å². The van der Waals surface area contributed by atoms with E-state index in [0.29, 0.717) is 31.0 Å². The number of amides is 2. The standard InChI is InChI=1S/C25H33N3O4/c1-18-22(19(2)32-26-18)17-31-23-10-6-5-9-21(23)25(30)28-15-11-20(12-16-28)24(29)27-13-7-3-4-8-14-27/h5-6,9-10,20H,3-4,7-8,11-17H2,1-2H3. The molecule has 0 atom stereocenters. The van der Waals surface area contributed by atoms with E-state index < -0.39 is 0 Å². The largest absolute Gasteiger partial charge is 0.488 e. The van der Waals surface area contributed by atoms with Crippen molar-refractivity contribution < 1.29 is 18.8 Å². The number of benzene rings is 1. The molecule has 2 aromatic rings. The first-order chi connectivity index (χ1) is 15.5. The highest BCUT2D eigenvalue weighted by atomic mass is 16.5. The molecular weight excluding hydrogens is 406 g/mol. The van der Waals surface area contributed by atoms with Crippen molar-refractivity contribution in [2.75, 3.05) is 26.2 Å². The highest BCUT2D eigenvalue weighted by molar-refractivity contribution is 5.97. The number of hydrogen-bond donors (Lipinski definition) is 0. The van der Waals surface area contributed by atoms with Crippen LogP contribution in [0.2, 0.25) is 0 Å². The molecule has 0 aliphatic carbocycles. The minimum atomic E-state index is -0.0416. The van der Waals surface area contributed by atoms with Gasteiger partial charge in [0.15, 0.2) is 0 Å². The molecular formula is C25H33N3O4. The summed E-state index contributed by atoms with van der Waals surface area (Å²) in [7, 11) is 0. The third-order valence-corrected chi connectivity index (χ3v) is 6.72. The molecule has 0 radical (unpaired) electrons. The summed E-state index contributed by atoms with van der Waals surface area (Å²) in [4.78, 5) is 30.1. The van der Waals surface area contributed by atoms with Gasteiger partial charge in [0.1, 0.15) is 18.1 Å². The lowest BCUT2D eigenvalue weighted by molar-refractivity contribution is -0.136. The minimum absolute atomic E-state index is 0.0307. The summed E-state index contributed by atoms with van der Waals surface area (Å²) in [5.74, 6) is 1.55. The van der Waals surface area contributed by atoms with Crippen LogP contribution in [0.25, 0.3) is 0 Å². The molecule has 2 aliphatic rings. The molecule has 0 bridgehead atoms. The molecule has 3 heterocycles. The van der Waals surface area contributed by atoms with Crippen LogP contribution in [0.15, 0.2) is 28.8 Å². The summed E-state index contributed by atoms with van der Waals surface area (Å²) in [6.45, 7) is 7.00. The van der Waals surface area contributed by atoms with E-state index in [1.165, 1.54) is 12.8 Å². The first-order valence-electron chi connectivity index (χ1n) is 11.8. The van der Waals surface area contributed by atoms with Gasteiger partial charge in [0, 0.05) is 32.1 Å². The van der Waals surface area contributed by atoms with Crippen molar-refractivity contribution in [3.63, 3.8) is 0 Å². The maximum Gasteiger partial charge on any atom is 0.257 e. The van der Waals surface area contributed by atoms with E-state index in [2.05, 4.69) is 5.16 Å². The lowest BCUT2D eigenvalue weighted by Gasteiger charge is -2.34. The highest BCUT2D eigenvalue weighted by Gasteiger charge is 2.31. The Morgan fingerprint density at radius 2 is 1.69 bits per heavy atom. The van der Waals surface area contributed by atoms with Crippen LogP contribution in [-0.4, -0.2) is 52.9 Å². The number of likely N-dealkylation sites (tertiary alicyclic amines) is 2. The van der Waals surface area contributed by atoms with Crippen LogP contribution >= 0.6 is 0 Å². The smallest absolute Gasteiger partial charge is 0.257 e. The Hall–Kier alpha value is -2.83. The molecule has 32 heavy (non-hydrogen) atoms. The zero-order chi connectivity index (χ0) is 22.5. The van der Waals surface area contributed by atoms with E-state index in [1.807, 2.05) is 41.8 Å². The number of carbonyl (C=O) groups is 2. The molecule has 1 aromatic carbocycles. The Morgan fingerprint density at radius 3 is 2.34 bits per heavy atom. The maximum atomic E-state index is 13.3. The van der Waals surface area contributed by atoms with Gasteiger partial charge in [-0.3, -0.25) is 9.59 Å². The number of aryl methyl sites for hydroxylation is 2. The quantitative estimate of drug-likeness (QED) is 0.700. The zero-order valence-corrected chi connectivity index (χ0v) is 19.1. The highest BCUT2D eigenvalue weighted by Crippen LogP contribution is 2.27. The summed E-state index contributed by atoms with van der Waals surface area (Å²) in [5.41, 5.74) is 2.25. The Kier molecular flexibility index (Phi) is 7.12. The second kappa shape index (κ2) is 10.2. The van der Waals surface area contributed by atoms with Gasteiger partial charge in [-0.2, -0.15) is 0 Å². The van der Waals surface area contributed by atoms with Gasteiger partial charge >= 0.3 is 0 Å². The summed E-state index contributed by atoms with van der Waals surface area (Å²) < 4.78 is 11.2. The molecule has 0 unspecified atom stereocenters. The lowest BCUT2D eigenvalue weighted by atomic mass is 9.94. The predicted octanol–water partition coefficient (Wildman–Crippen LogP) is 4.13. The average molecular weight is 440 g/mol. The summed E-state index contributed by atoms with van der Waals surface area (Å²) in [6.07, 6.45) is 6.09. The Labute approximate surface area is 189 Å². The van der Waals surface area contributed by atoms with Crippen LogP contribution in [0.4, 0.5) is 0 Å². The van der Waals surface area contributed by atoms with Crippen LogP contribution in [0.3, 0.4) is 0 Å². The monoisotopic (exact) mass is 439 g/mol. The summed E-state index contributed by atoms with van der Waals surface area (Å²) in [5, 5.41) is 3.96. The van der Waals surface area contributed by atoms with E-state index in [4.69, 9.17) is 9.26 Å². The SMILES string of the molecule is Cc1noc(C)c1COc1ccccc1C(=O)N1CCC(C(=O)N2CCCCCC2)CC1. The Balaban J connectivity index is 1.36.